The minimum absolute atomic E-state index is 0. The molecule has 0 saturated heterocycles. The molecule has 0 atom stereocenters. The van der Waals surface area contributed by atoms with E-state index in [0.717, 1.165) is 0 Å². The van der Waals surface area contributed by atoms with Gasteiger partial charge in [0, 0.05) is 0 Å². The van der Waals surface area contributed by atoms with Crippen LogP contribution in [-0.4, -0.2) is 5.48 Å². The second-order valence-corrected chi connectivity index (χ2v) is 0. The SMILES string of the molecule is [Ce+3].[O-2].[O-2].[O-2].[OH-].[Ti+4]. The normalized spacial score (nSPS) is 0. The molecular weight excluding hydrogens is 252 g/mol. The van der Waals surface area contributed by atoms with E-state index in [2.05, 4.69) is 0 Å². The molecule has 33 valence electrons. The first-order valence-corrected chi connectivity index (χ1v) is 0. The van der Waals surface area contributed by atoms with E-state index >= 15 is 0 Å². The predicted octanol–water partition coefficient (Wildman–Crippen LogP) is -0.536. The van der Waals surface area contributed by atoms with Gasteiger partial charge in [0.2, 0.25) is 0 Å². The van der Waals surface area contributed by atoms with Crippen LogP contribution in [0.2, 0.25) is 0 Å². The van der Waals surface area contributed by atoms with E-state index in [1.807, 2.05) is 0 Å². The standard InChI is InChI=1S/Ce.H2O.3O.Ti/h;1H2;;;;/q+3;;3*-2;+4/p-1. The van der Waals surface area contributed by atoms with Crippen molar-refractivity contribution in [3.05, 3.63) is 0 Å². The summed E-state index contributed by atoms with van der Waals surface area (Å²) in [4.78, 5) is 0. The van der Waals surface area contributed by atoms with E-state index in [-0.39, 0.29) is 85.4 Å². The second-order valence-electron chi connectivity index (χ2n) is 0. The predicted molar refractivity (Wildman–Crippen MR) is 4.00 cm³/mol. The fourth-order valence-corrected chi connectivity index (χ4v) is 0. The maximum absolute atomic E-state index is 0. The van der Waals surface area contributed by atoms with Crippen LogP contribution in [0.1, 0.15) is 0 Å². The molecule has 0 aromatic rings. The van der Waals surface area contributed by atoms with Crippen molar-refractivity contribution in [1.29, 1.82) is 0 Å². The third-order valence-corrected chi connectivity index (χ3v) is 0. The van der Waals surface area contributed by atoms with Gasteiger partial charge in [0.1, 0.15) is 0 Å². The molecule has 0 spiro atoms. The van der Waals surface area contributed by atoms with Crippen molar-refractivity contribution in [3.8, 4) is 0 Å². The first-order valence-electron chi connectivity index (χ1n) is 0. The Morgan fingerprint density at radius 1 is 0.667 bits per heavy atom. The Labute approximate surface area is 84.2 Å². The largest absolute Gasteiger partial charge is 4.00 e. The van der Waals surface area contributed by atoms with Gasteiger partial charge in [-0.15, -0.1) is 0 Å². The molecule has 0 unspecified atom stereocenters. The molecule has 0 saturated carbocycles. The van der Waals surface area contributed by atoms with Crippen molar-refractivity contribution >= 4 is 0 Å². The number of hydrogen-bond acceptors (Lipinski definition) is 1. The minimum Gasteiger partial charge on any atom is -2.00 e. The monoisotopic (exact) mass is 253 g/mol. The van der Waals surface area contributed by atoms with Gasteiger partial charge in [-0.3, -0.25) is 0 Å². The summed E-state index contributed by atoms with van der Waals surface area (Å²) in [5, 5.41) is 0. The van der Waals surface area contributed by atoms with E-state index in [1.54, 1.807) is 0 Å². The molecule has 0 aliphatic carbocycles. The van der Waals surface area contributed by atoms with Crippen LogP contribution in [0.5, 0.6) is 0 Å². The van der Waals surface area contributed by atoms with Gasteiger partial charge in [0.05, 0.1) is 0 Å². The van der Waals surface area contributed by atoms with Gasteiger partial charge in [-0.2, -0.15) is 0 Å². The van der Waals surface area contributed by atoms with Gasteiger partial charge in [0.25, 0.3) is 0 Å². The second kappa shape index (κ2) is 65.4. The van der Waals surface area contributed by atoms with Crippen molar-refractivity contribution in [2.75, 3.05) is 0 Å². The molecule has 0 amide bonds. The summed E-state index contributed by atoms with van der Waals surface area (Å²) in [5.74, 6) is 0. The minimum atomic E-state index is 0. The van der Waals surface area contributed by atoms with E-state index in [9.17, 15) is 0 Å². The van der Waals surface area contributed by atoms with Crippen LogP contribution >= 0.6 is 0 Å². The Kier molecular flexibility index (Phi) is 1110. The van der Waals surface area contributed by atoms with Crippen molar-refractivity contribution in [2.24, 2.45) is 0 Å². The summed E-state index contributed by atoms with van der Waals surface area (Å²) in [7, 11) is 0. The van der Waals surface area contributed by atoms with Gasteiger partial charge in [-0.1, -0.05) is 0 Å². The van der Waals surface area contributed by atoms with E-state index < -0.39 is 0 Å². The van der Waals surface area contributed by atoms with Crippen LogP contribution in [0.15, 0.2) is 0 Å². The fourth-order valence-electron chi connectivity index (χ4n) is 0. The molecule has 6 heavy (non-hydrogen) atoms. The maximum Gasteiger partial charge on any atom is 4.00 e. The summed E-state index contributed by atoms with van der Waals surface area (Å²) >= 11 is 0. The summed E-state index contributed by atoms with van der Waals surface area (Å²) in [6, 6.07) is 0. The average Bonchev–Trinajstić information content (AvgIpc) is 0. The van der Waals surface area contributed by atoms with Crippen LogP contribution in [0.4, 0.5) is 0 Å². The number of hydrogen-bond donors (Lipinski definition) is 0. The Hall–Kier alpha value is 1.93. The summed E-state index contributed by atoms with van der Waals surface area (Å²) < 4.78 is 0. The van der Waals surface area contributed by atoms with Crippen molar-refractivity contribution < 1.29 is 85.4 Å². The molecule has 0 aromatic carbocycles. The van der Waals surface area contributed by atoms with Gasteiger partial charge in [0.15, 0.2) is 0 Å². The van der Waals surface area contributed by atoms with Crippen molar-refractivity contribution in [2.45, 2.75) is 0 Å². The van der Waals surface area contributed by atoms with Crippen molar-refractivity contribution in [1.82, 2.24) is 0 Å². The van der Waals surface area contributed by atoms with Crippen LogP contribution in [0, 0.1) is 41.7 Å². The summed E-state index contributed by atoms with van der Waals surface area (Å²) in [6.45, 7) is 0. The Morgan fingerprint density at radius 2 is 0.667 bits per heavy atom. The quantitative estimate of drug-likeness (QED) is 0.530. The molecule has 0 bridgehead atoms. The van der Waals surface area contributed by atoms with Crippen LogP contribution in [-0.2, 0) is 38.1 Å². The molecule has 1 N–H and O–H groups in total. The molecule has 0 rings (SSSR count). The van der Waals surface area contributed by atoms with Gasteiger partial charge < -0.3 is 21.9 Å². The molecule has 1 radical (unpaired) electrons. The topological polar surface area (TPSA) is 116 Å². The van der Waals surface area contributed by atoms with Gasteiger partial charge in [-0.05, 0) is 0 Å². The zero-order chi connectivity index (χ0) is 0. The van der Waals surface area contributed by atoms with Gasteiger partial charge >= 0.3 is 63.5 Å². The first-order chi connectivity index (χ1) is 0. The zero-order valence-electron chi connectivity index (χ0n) is 2.67. The summed E-state index contributed by atoms with van der Waals surface area (Å²) in [5.41, 5.74) is 0. The summed E-state index contributed by atoms with van der Waals surface area (Å²) in [6.07, 6.45) is 0. The van der Waals surface area contributed by atoms with Crippen LogP contribution in [0.3, 0.4) is 0 Å². The third-order valence-electron chi connectivity index (χ3n) is 0. The first kappa shape index (κ1) is 102. The third kappa shape index (κ3) is 38.7. The molecule has 0 aliphatic rings. The molecule has 4 nitrogen and oxygen atoms in total. The maximum atomic E-state index is 0. The number of rotatable bonds is 0. The molecule has 0 aliphatic heterocycles. The van der Waals surface area contributed by atoms with Crippen LogP contribution in [0.25, 0.3) is 0 Å². The molecular formula is HCeO4Ti. The van der Waals surface area contributed by atoms with E-state index in [1.165, 1.54) is 0 Å². The van der Waals surface area contributed by atoms with Gasteiger partial charge in [-0.25, -0.2) is 0 Å². The molecule has 0 aromatic heterocycles. The zero-order valence-corrected chi connectivity index (χ0v) is 7.37. The van der Waals surface area contributed by atoms with E-state index in [4.69, 9.17) is 0 Å². The van der Waals surface area contributed by atoms with E-state index in [0.29, 0.717) is 0 Å². The molecule has 0 fully saturated rings. The molecule has 0 heterocycles. The smallest absolute Gasteiger partial charge is 2.00 e. The van der Waals surface area contributed by atoms with Crippen LogP contribution < -0.4 is 0 Å². The Bertz CT molecular complexity index is 7.51. The Balaban J connectivity index is 0. The average molecular weight is 253 g/mol. The molecule has 6 heteroatoms. The fraction of sp³-hybridized carbons (Fsp3) is 0. The Morgan fingerprint density at radius 3 is 0.667 bits per heavy atom. The van der Waals surface area contributed by atoms with Crippen molar-refractivity contribution in [3.63, 3.8) is 0 Å².